The standard InChI is InChI=1S/C21H24N4O4/c1-29-19-4-2-16(3-5-19)6-7-23-20(27)17-12-18(14-22-13-17)21(28)25-10-8-24(15-26)9-11-25/h2-5,12-15H,6-11H2,1H3,(H,23,27). The summed E-state index contributed by atoms with van der Waals surface area (Å²) < 4.78 is 5.13. The van der Waals surface area contributed by atoms with Crippen LogP contribution in [0.3, 0.4) is 0 Å². The van der Waals surface area contributed by atoms with Crippen molar-refractivity contribution >= 4 is 18.2 Å². The Bertz CT molecular complexity index is 861. The van der Waals surface area contributed by atoms with Gasteiger partial charge in [0.05, 0.1) is 18.2 Å². The Labute approximate surface area is 169 Å². The average molecular weight is 396 g/mol. The monoisotopic (exact) mass is 396 g/mol. The van der Waals surface area contributed by atoms with E-state index in [0.717, 1.165) is 17.7 Å². The SMILES string of the molecule is COc1ccc(CCNC(=O)c2cncc(C(=O)N3CCN(C=O)CC3)c2)cc1. The van der Waals surface area contributed by atoms with Crippen molar-refractivity contribution in [1.29, 1.82) is 0 Å². The molecule has 0 aliphatic carbocycles. The molecule has 2 aromatic rings. The van der Waals surface area contributed by atoms with Crippen LogP contribution in [0.1, 0.15) is 26.3 Å². The summed E-state index contributed by atoms with van der Waals surface area (Å²) in [5, 5.41) is 2.85. The Balaban J connectivity index is 1.54. The fourth-order valence-electron chi connectivity index (χ4n) is 3.11. The van der Waals surface area contributed by atoms with Crippen molar-refractivity contribution in [2.24, 2.45) is 0 Å². The second-order valence-corrected chi connectivity index (χ2v) is 6.75. The molecule has 29 heavy (non-hydrogen) atoms. The van der Waals surface area contributed by atoms with Gasteiger partial charge >= 0.3 is 0 Å². The number of aromatic nitrogens is 1. The smallest absolute Gasteiger partial charge is 0.255 e. The minimum Gasteiger partial charge on any atom is -0.497 e. The van der Waals surface area contributed by atoms with Crippen molar-refractivity contribution in [3.8, 4) is 5.75 Å². The van der Waals surface area contributed by atoms with Gasteiger partial charge in [-0.2, -0.15) is 0 Å². The van der Waals surface area contributed by atoms with Crippen molar-refractivity contribution in [3.63, 3.8) is 0 Å². The van der Waals surface area contributed by atoms with Gasteiger partial charge in [-0.05, 0) is 30.2 Å². The van der Waals surface area contributed by atoms with Gasteiger partial charge in [0.1, 0.15) is 5.75 Å². The first-order chi connectivity index (χ1) is 14.1. The van der Waals surface area contributed by atoms with Gasteiger partial charge in [0, 0.05) is 45.1 Å². The van der Waals surface area contributed by atoms with Crippen molar-refractivity contribution in [2.75, 3.05) is 39.8 Å². The van der Waals surface area contributed by atoms with E-state index >= 15 is 0 Å². The Morgan fingerprint density at radius 3 is 2.45 bits per heavy atom. The van der Waals surface area contributed by atoms with Gasteiger partial charge in [-0.1, -0.05) is 12.1 Å². The highest BCUT2D eigenvalue weighted by Crippen LogP contribution is 2.12. The van der Waals surface area contributed by atoms with Gasteiger partial charge in [0.25, 0.3) is 11.8 Å². The highest BCUT2D eigenvalue weighted by molar-refractivity contribution is 5.99. The minimum absolute atomic E-state index is 0.184. The molecule has 0 unspecified atom stereocenters. The number of benzene rings is 1. The van der Waals surface area contributed by atoms with Crippen LogP contribution in [0.25, 0.3) is 0 Å². The van der Waals surface area contributed by atoms with Crippen molar-refractivity contribution < 1.29 is 19.1 Å². The van der Waals surface area contributed by atoms with E-state index in [1.165, 1.54) is 12.4 Å². The molecule has 0 saturated carbocycles. The van der Waals surface area contributed by atoms with E-state index in [4.69, 9.17) is 4.74 Å². The molecule has 3 amide bonds. The molecule has 0 atom stereocenters. The molecule has 1 aromatic heterocycles. The summed E-state index contributed by atoms with van der Waals surface area (Å²) in [5.74, 6) is 0.334. The van der Waals surface area contributed by atoms with Crippen molar-refractivity contribution in [3.05, 3.63) is 59.4 Å². The topological polar surface area (TPSA) is 91.8 Å². The van der Waals surface area contributed by atoms with Crippen molar-refractivity contribution in [2.45, 2.75) is 6.42 Å². The van der Waals surface area contributed by atoms with Crippen LogP contribution in [0.4, 0.5) is 0 Å². The number of carbonyl (C=O) groups excluding carboxylic acids is 3. The molecule has 0 radical (unpaired) electrons. The number of amides is 3. The first-order valence-electron chi connectivity index (χ1n) is 9.45. The summed E-state index contributed by atoms with van der Waals surface area (Å²) in [6, 6.07) is 9.23. The number of rotatable bonds is 7. The van der Waals surface area contributed by atoms with Gasteiger partial charge < -0.3 is 19.9 Å². The molecular formula is C21H24N4O4. The van der Waals surface area contributed by atoms with E-state index in [1.54, 1.807) is 23.0 Å². The van der Waals surface area contributed by atoms with Gasteiger partial charge in [0.2, 0.25) is 6.41 Å². The van der Waals surface area contributed by atoms with Crippen molar-refractivity contribution in [1.82, 2.24) is 20.1 Å². The average Bonchev–Trinajstić information content (AvgIpc) is 2.79. The van der Waals surface area contributed by atoms with E-state index < -0.39 is 0 Å². The first kappa shape index (κ1) is 20.3. The quantitative estimate of drug-likeness (QED) is 0.705. The van der Waals surface area contributed by atoms with Crippen LogP contribution < -0.4 is 10.1 Å². The van der Waals surface area contributed by atoms with Crippen LogP contribution >= 0.6 is 0 Å². The van der Waals surface area contributed by atoms with Crippen LogP contribution in [0.15, 0.2) is 42.7 Å². The molecule has 8 heteroatoms. The third-order valence-electron chi connectivity index (χ3n) is 4.86. The lowest BCUT2D eigenvalue weighted by atomic mass is 10.1. The number of piperazine rings is 1. The van der Waals surface area contributed by atoms with Crippen LogP contribution in [-0.4, -0.2) is 72.8 Å². The van der Waals surface area contributed by atoms with E-state index in [2.05, 4.69) is 10.3 Å². The zero-order valence-corrected chi connectivity index (χ0v) is 16.3. The summed E-state index contributed by atoms with van der Waals surface area (Å²) in [7, 11) is 1.62. The molecule has 1 fully saturated rings. The molecule has 1 aliphatic heterocycles. The van der Waals surface area contributed by atoms with Gasteiger partial charge in [-0.3, -0.25) is 19.4 Å². The summed E-state index contributed by atoms with van der Waals surface area (Å²) in [6.07, 6.45) is 4.38. The Kier molecular flexibility index (Phi) is 6.78. The lowest BCUT2D eigenvalue weighted by Gasteiger charge is -2.32. The Hall–Kier alpha value is -3.42. The van der Waals surface area contributed by atoms with Gasteiger partial charge in [-0.25, -0.2) is 0 Å². The first-order valence-corrected chi connectivity index (χ1v) is 9.45. The summed E-state index contributed by atoms with van der Waals surface area (Å²) in [6.45, 7) is 2.42. The number of hydrogen-bond donors (Lipinski definition) is 1. The molecule has 8 nitrogen and oxygen atoms in total. The summed E-state index contributed by atoms with van der Waals surface area (Å²) >= 11 is 0. The van der Waals surface area contributed by atoms with E-state index in [-0.39, 0.29) is 11.8 Å². The van der Waals surface area contributed by atoms with E-state index in [9.17, 15) is 14.4 Å². The lowest BCUT2D eigenvalue weighted by Crippen LogP contribution is -2.48. The molecule has 0 spiro atoms. The molecule has 0 bridgehead atoms. The number of carbonyl (C=O) groups is 3. The van der Waals surface area contributed by atoms with E-state index in [0.29, 0.717) is 50.3 Å². The second-order valence-electron chi connectivity index (χ2n) is 6.75. The van der Waals surface area contributed by atoms with Crippen LogP contribution in [0, 0.1) is 0 Å². The minimum atomic E-state index is -0.272. The predicted molar refractivity (Wildman–Crippen MR) is 107 cm³/mol. The van der Waals surface area contributed by atoms with Crippen LogP contribution in [-0.2, 0) is 11.2 Å². The highest BCUT2D eigenvalue weighted by atomic mass is 16.5. The summed E-state index contributed by atoms with van der Waals surface area (Å²) in [4.78, 5) is 43.2. The highest BCUT2D eigenvalue weighted by Gasteiger charge is 2.22. The summed E-state index contributed by atoms with van der Waals surface area (Å²) in [5.41, 5.74) is 1.80. The normalized spacial score (nSPS) is 13.7. The lowest BCUT2D eigenvalue weighted by molar-refractivity contribution is -0.119. The molecule has 152 valence electrons. The molecule has 1 saturated heterocycles. The van der Waals surface area contributed by atoms with Gasteiger partial charge in [0.15, 0.2) is 0 Å². The molecule has 1 aliphatic rings. The van der Waals surface area contributed by atoms with E-state index in [1.807, 2.05) is 24.3 Å². The Morgan fingerprint density at radius 2 is 1.79 bits per heavy atom. The third-order valence-corrected chi connectivity index (χ3v) is 4.86. The third kappa shape index (κ3) is 5.31. The number of hydrogen-bond acceptors (Lipinski definition) is 5. The maximum absolute atomic E-state index is 12.7. The van der Waals surface area contributed by atoms with Crippen LogP contribution in [0.2, 0.25) is 0 Å². The molecule has 3 rings (SSSR count). The fourth-order valence-corrected chi connectivity index (χ4v) is 3.11. The number of pyridine rings is 1. The second kappa shape index (κ2) is 9.68. The number of nitrogens with zero attached hydrogens (tertiary/aromatic N) is 3. The van der Waals surface area contributed by atoms with Gasteiger partial charge in [-0.15, -0.1) is 0 Å². The molecular weight excluding hydrogens is 372 g/mol. The van der Waals surface area contributed by atoms with Crippen LogP contribution in [0.5, 0.6) is 5.75 Å². The molecule has 1 aromatic carbocycles. The largest absolute Gasteiger partial charge is 0.497 e. The fraction of sp³-hybridized carbons (Fsp3) is 0.333. The molecule has 2 heterocycles. The maximum atomic E-state index is 12.7. The number of methoxy groups -OCH3 is 1. The molecule has 1 N–H and O–H groups in total. The zero-order chi connectivity index (χ0) is 20.6. The zero-order valence-electron chi connectivity index (χ0n) is 16.3. The predicted octanol–water partition coefficient (Wildman–Crippen LogP) is 0.977. The Morgan fingerprint density at radius 1 is 1.10 bits per heavy atom. The maximum Gasteiger partial charge on any atom is 0.255 e. The number of ether oxygens (including phenoxy) is 1. The number of nitrogens with one attached hydrogen (secondary N) is 1.